The van der Waals surface area contributed by atoms with Crippen LogP contribution in [0.4, 0.5) is 13.2 Å². The van der Waals surface area contributed by atoms with Gasteiger partial charge in [0.05, 0.1) is 0 Å². The number of hydrogen-bond acceptors (Lipinski definition) is 1. The van der Waals surface area contributed by atoms with E-state index in [0.717, 1.165) is 5.56 Å². The van der Waals surface area contributed by atoms with Crippen LogP contribution in [0.3, 0.4) is 0 Å². The lowest BCUT2D eigenvalue weighted by Crippen LogP contribution is -2.46. The lowest BCUT2D eigenvalue weighted by Gasteiger charge is -2.24. The van der Waals surface area contributed by atoms with E-state index < -0.39 is 17.7 Å². The minimum atomic E-state index is -4.67. The average Bonchev–Trinajstić information content (AvgIpc) is 3.18. The Morgan fingerprint density at radius 3 is 2.32 bits per heavy atom. The van der Waals surface area contributed by atoms with Gasteiger partial charge in [0.2, 0.25) is 5.60 Å². The maximum atomic E-state index is 12.8. The molecule has 1 aliphatic rings. The molecule has 102 valence electrons. The first-order valence-electron chi connectivity index (χ1n) is 6.26. The van der Waals surface area contributed by atoms with E-state index in [1.807, 2.05) is 36.3 Å². The van der Waals surface area contributed by atoms with Gasteiger partial charge in [-0.1, -0.05) is 42.2 Å². The van der Waals surface area contributed by atoms with Crippen LogP contribution in [0.5, 0.6) is 0 Å². The summed E-state index contributed by atoms with van der Waals surface area (Å²) in [4.78, 5) is 0. The van der Waals surface area contributed by atoms with E-state index in [0.29, 0.717) is 25.7 Å². The molecule has 1 aliphatic carbocycles. The summed E-state index contributed by atoms with van der Waals surface area (Å²) < 4.78 is 38.4. The Hall–Kier alpha value is -1.47. The van der Waals surface area contributed by atoms with Crippen molar-refractivity contribution in [2.75, 3.05) is 0 Å². The Morgan fingerprint density at radius 1 is 1.16 bits per heavy atom. The van der Waals surface area contributed by atoms with Crippen LogP contribution in [-0.4, -0.2) is 16.9 Å². The Morgan fingerprint density at radius 2 is 1.79 bits per heavy atom. The highest BCUT2D eigenvalue weighted by molar-refractivity contribution is 5.23. The van der Waals surface area contributed by atoms with E-state index in [2.05, 4.69) is 5.92 Å². The van der Waals surface area contributed by atoms with Crippen molar-refractivity contribution in [2.45, 2.75) is 37.5 Å². The first-order valence-corrected chi connectivity index (χ1v) is 6.26. The number of hydrogen-bond donors (Lipinski definition) is 1. The molecule has 1 unspecified atom stereocenters. The van der Waals surface area contributed by atoms with Crippen LogP contribution in [0.25, 0.3) is 0 Å². The van der Waals surface area contributed by atoms with Crippen molar-refractivity contribution in [3.8, 4) is 11.8 Å². The molecule has 1 aromatic carbocycles. The molecular formula is C15H15F3O. The molecule has 1 atom stereocenters. The van der Waals surface area contributed by atoms with Crippen molar-refractivity contribution in [3.63, 3.8) is 0 Å². The van der Waals surface area contributed by atoms with Gasteiger partial charge in [-0.25, -0.2) is 0 Å². The van der Waals surface area contributed by atoms with Crippen LogP contribution >= 0.6 is 0 Å². The van der Waals surface area contributed by atoms with E-state index in [9.17, 15) is 18.3 Å². The van der Waals surface area contributed by atoms with Gasteiger partial charge in [0, 0.05) is 12.3 Å². The predicted octanol–water partition coefficient (Wildman–Crippen LogP) is 3.33. The highest BCUT2D eigenvalue weighted by Crippen LogP contribution is 2.47. The molecule has 0 spiro atoms. The minimum Gasteiger partial charge on any atom is -0.369 e. The molecule has 1 aromatic rings. The van der Waals surface area contributed by atoms with Crippen molar-refractivity contribution in [1.29, 1.82) is 0 Å². The van der Waals surface area contributed by atoms with Crippen LogP contribution in [0.2, 0.25) is 0 Å². The molecule has 0 aromatic heterocycles. The second-order valence-corrected chi connectivity index (χ2v) is 4.83. The van der Waals surface area contributed by atoms with Gasteiger partial charge >= 0.3 is 6.18 Å². The van der Waals surface area contributed by atoms with Crippen LogP contribution in [0, 0.1) is 17.8 Å². The molecule has 0 amide bonds. The Labute approximate surface area is 110 Å². The Kier molecular flexibility index (Phi) is 3.86. The molecule has 0 aliphatic heterocycles. The summed E-state index contributed by atoms with van der Waals surface area (Å²) in [6, 6.07) is 9.43. The summed E-state index contributed by atoms with van der Waals surface area (Å²) in [5.41, 5.74) is -1.79. The van der Waals surface area contributed by atoms with E-state index in [1.54, 1.807) is 0 Å². The molecule has 4 heteroatoms. The second kappa shape index (κ2) is 5.26. The molecular weight excluding hydrogens is 253 g/mol. The Bertz CT molecular complexity index is 480. The lowest BCUT2D eigenvalue weighted by atomic mass is 9.97. The predicted molar refractivity (Wildman–Crippen MR) is 66.3 cm³/mol. The fourth-order valence-electron chi connectivity index (χ4n) is 1.95. The van der Waals surface area contributed by atoms with E-state index in [4.69, 9.17) is 0 Å². The first kappa shape index (κ1) is 14.0. The first-order chi connectivity index (χ1) is 8.93. The maximum Gasteiger partial charge on any atom is 0.428 e. The molecule has 0 radical (unpaired) electrons. The van der Waals surface area contributed by atoms with Crippen molar-refractivity contribution in [1.82, 2.24) is 0 Å². The zero-order chi connectivity index (χ0) is 13.9. The number of alkyl halides is 3. The van der Waals surface area contributed by atoms with Gasteiger partial charge in [-0.15, -0.1) is 0 Å². The smallest absolute Gasteiger partial charge is 0.369 e. The average molecular weight is 268 g/mol. The normalized spacial score (nSPS) is 18.3. The van der Waals surface area contributed by atoms with Gasteiger partial charge in [-0.05, 0) is 24.8 Å². The third-order valence-electron chi connectivity index (χ3n) is 3.26. The fraction of sp³-hybridized carbons (Fsp3) is 0.467. The Balaban J connectivity index is 1.98. The fourth-order valence-corrected chi connectivity index (χ4v) is 1.95. The van der Waals surface area contributed by atoms with Crippen LogP contribution in [0.15, 0.2) is 30.3 Å². The standard InChI is InChI=1S/C15H15F3O/c16-15(17,18)14(19,13-9-10-13)11-5-4-8-12-6-2-1-3-7-12/h1-3,6-7,13,19H,4,8-10H2. The SMILES string of the molecule is OC(C#CCCc1ccccc1)(C1CC1)C(F)(F)F. The van der Waals surface area contributed by atoms with Gasteiger partial charge < -0.3 is 5.11 Å². The van der Waals surface area contributed by atoms with Crippen molar-refractivity contribution in [3.05, 3.63) is 35.9 Å². The molecule has 0 heterocycles. The van der Waals surface area contributed by atoms with Crippen molar-refractivity contribution >= 4 is 0 Å². The zero-order valence-electron chi connectivity index (χ0n) is 10.4. The third kappa shape index (κ3) is 3.30. The summed E-state index contributed by atoms with van der Waals surface area (Å²) in [5, 5.41) is 9.69. The van der Waals surface area contributed by atoms with Gasteiger partial charge in [0.25, 0.3) is 0 Å². The summed E-state index contributed by atoms with van der Waals surface area (Å²) in [6.45, 7) is 0. The van der Waals surface area contributed by atoms with Crippen molar-refractivity contribution in [2.24, 2.45) is 5.92 Å². The van der Waals surface area contributed by atoms with E-state index in [1.165, 1.54) is 0 Å². The second-order valence-electron chi connectivity index (χ2n) is 4.83. The maximum absolute atomic E-state index is 12.8. The van der Waals surface area contributed by atoms with Gasteiger partial charge in [0.1, 0.15) is 0 Å². The monoisotopic (exact) mass is 268 g/mol. The largest absolute Gasteiger partial charge is 0.428 e. The van der Waals surface area contributed by atoms with Crippen molar-refractivity contribution < 1.29 is 18.3 Å². The number of aryl methyl sites for hydroxylation is 1. The van der Waals surface area contributed by atoms with Crippen LogP contribution < -0.4 is 0 Å². The van der Waals surface area contributed by atoms with E-state index in [-0.39, 0.29) is 0 Å². The van der Waals surface area contributed by atoms with Gasteiger partial charge in [-0.3, -0.25) is 0 Å². The van der Waals surface area contributed by atoms with E-state index >= 15 is 0 Å². The summed E-state index contributed by atoms with van der Waals surface area (Å²) in [7, 11) is 0. The highest BCUT2D eigenvalue weighted by atomic mass is 19.4. The number of benzene rings is 1. The minimum absolute atomic E-state index is 0.315. The number of rotatable bonds is 3. The molecule has 2 rings (SSSR count). The zero-order valence-corrected chi connectivity index (χ0v) is 10.4. The third-order valence-corrected chi connectivity index (χ3v) is 3.26. The quantitative estimate of drug-likeness (QED) is 0.834. The topological polar surface area (TPSA) is 20.2 Å². The lowest BCUT2D eigenvalue weighted by molar-refractivity contribution is -0.242. The summed E-state index contributed by atoms with van der Waals surface area (Å²) in [5.74, 6) is 3.78. The number of halogens is 3. The molecule has 1 saturated carbocycles. The molecule has 1 nitrogen and oxygen atoms in total. The molecule has 0 saturated heterocycles. The van der Waals surface area contributed by atoms with Gasteiger partial charge in [-0.2, -0.15) is 13.2 Å². The molecule has 19 heavy (non-hydrogen) atoms. The van der Waals surface area contributed by atoms with Gasteiger partial charge in [0.15, 0.2) is 0 Å². The highest BCUT2D eigenvalue weighted by Gasteiger charge is 2.61. The molecule has 1 N–H and O–H groups in total. The van der Waals surface area contributed by atoms with Crippen LogP contribution in [0.1, 0.15) is 24.8 Å². The summed E-state index contributed by atoms with van der Waals surface area (Å²) >= 11 is 0. The van der Waals surface area contributed by atoms with Crippen LogP contribution in [-0.2, 0) is 6.42 Å². The molecule has 0 bridgehead atoms. The summed E-state index contributed by atoms with van der Waals surface area (Å²) in [6.07, 6.45) is -2.98. The molecule has 1 fully saturated rings. The number of aliphatic hydroxyl groups is 1.